The van der Waals surface area contributed by atoms with Crippen LogP contribution in [0.15, 0.2) is 23.8 Å². The molecule has 0 spiro atoms. The number of hydrogen-bond acceptors (Lipinski definition) is 4. The molecule has 2 atom stereocenters. The van der Waals surface area contributed by atoms with Crippen LogP contribution in [0.4, 0.5) is 0 Å². The van der Waals surface area contributed by atoms with Crippen LogP contribution in [0.2, 0.25) is 0 Å². The van der Waals surface area contributed by atoms with Crippen molar-refractivity contribution in [2.45, 2.75) is 90.6 Å². The summed E-state index contributed by atoms with van der Waals surface area (Å²) in [4.78, 5) is 11.9. The Labute approximate surface area is 175 Å². The lowest BCUT2D eigenvalue weighted by molar-refractivity contribution is -0.132. The van der Waals surface area contributed by atoms with Crippen molar-refractivity contribution in [3.8, 4) is 11.5 Å². The van der Waals surface area contributed by atoms with Gasteiger partial charge in [-0.05, 0) is 61.8 Å². The van der Waals surface area contributed by atoms with Crippen molar-refractivity contribution in [3.63, 3.8) is 0 Å². The summed E-state index contributed by atoms with van der Waals surface area (Å²) in [5, 5.41) is 9.72. The fourth-order valence-electron chi connectivity index (χ4n) is 4.97. The van der Waals surface area contributed by atoms with Gasteiger partial charge in [0.2, 0.25) is 0 Å². The number of rotatable bonds is 6. The number of aliphatic hydroxyl groups is 1. The lowest BCUT2D eigenvalue weighted by Crippen LogP contribution is -2.46. The van der Waals surface area contributed by atoms with Gasteiger partial charge < -0.3 is 14.6 Å². The van der Waals surface area contributed by atoms with E-state index in [9.17, 15) is 9.90 Å². The summed E-state index contributed by atoms with van der Waals surface area (Å²) >= 11 is 0. The number of unbranched alkanes of at least 4 members (excludes halogenated alkanes) is 1. The standard InChI is InChI=1S/C25H36O4/c1-7-8-11-24(3,4)18-13-21(28-16(2)27)23-19-12-17(15-26)9-10-20(19)25(5,6)29-22(23)14-18/h9,13-14,19-20,26H,7-8,10-12,15H2,1-6H3/t19-,20+/m0/s1. The maximum atomic E-state index is 11.9. The predicted molar refractivity (Wildman–Crippen MR) is 116 cm³/mol. The molecule has 29 heavy (non-hydrogen) atoms. The topological polar surface area (TPSA) is 55.8 Å². The molecule has 0 saturated carbocycles. The van der Waals surface area contributed by atoms with Crippen LogP contribution in [-0.4, -0.2) is 23.3 Å². The molecule has 4 nitrogen and oxygen atoms in total. The van der Waals surface area contributed by atoms with Gasteiger partial charge in [0.25, 0.3) is 0 Å². The van der Waals surface area contributed by atoms with E-state index in [1.54, 1.807) is 0 Å². The van der Waals surface area contributed by atoms with Crippen molar-refractivity contribution in [1.29, 1.82) is 0 Å². The molecule has 2 aliphatic rings. The van der Waals surface area contributed by atoms with E-state index in [0.717, 1.165) is 54.6 Å². The van der Waals surface area contributed by atoms with Crippen molar-refractivity contribution in [2.75, 3.05) is 6.61 Å². The highest BCUT2D eigenvalue weighted by atomic mass is 16.5. The fourth-order valence-corrected chi connectivity index (χ4v) is 4.97. The molecule has 0 amide bonds. The summed E-state index contributed by atoms with van der Waals surface area (Å²) in [6.07, 6.45) is 7.13. The number of fused-ring (bicyclic) bond motifs is 3. The van der Waals surface area contributed by atoms with Crippen LogP contribution in [0, 0.1) is 5.92 Å². The maximum Gasteiger partial charge on any atom is 0.308 e. The van der Waals surface area contributed by atoms with E-state index in [1.165, 1.54) is 6.92 Å². The van der Waals surface area contributed by atoms with E-state index in [2.05, 4.69) is 46.8 Å². The van der Waals surface area contributed by atoms with Gasteiger partial charge in [0.1, 0.15) is 17.1 Å². The number of allylic oxidation sites excluding steroid dienone is 1. The van der Waals surface area contributed by atoms with Crippen molar-refractivity contribution in [2.24, 2.45) is 5.92 Å². The Morgan fingerprint density at radius 3 is 2.69 bits per heavy atom. The minimum atomic E-state index is -0.325. The Balaban J connectivity index is 2.14. The van der Waals surface area contributed by atoms with Gasteiger partial charge in [-0.15, -0.1) is 0 Å². The molecule has 1 aliphatic heterocycles. The van der Waals surface area contributed by atoms with Gasteiger partial charge in [0, 0.05) is 24.3 Å². The summed E-state index contributed by atoms with van der Waals surface area (Å²) < 4.78 is 12.3. The van der Waals surface area contributed by atoms with Gasteiger partial charge in [-0.2, -0.15) is 0 Å². The largest absolute Gasteiger partial charge is 0.487 e. The number of hydrogen-bond donors (Lipinski definition) is 1. The van der Waals surface area contributed by atoms with Crippen molar-refractivity contribution in [1.82, 2.24) is 0 Å². The summed E-state index contributed by atoms with van der Waals surface area (Å²) in [5.41, 5.74) is 2.82. The smallest absolute Gasteiger partial charge is 0.308 e. The predicted octanol–water partition coefficient (Wildman–Crippen LogP) is 5.66. The Hall–Kier alpha value is -1.81. The second-order valence-electron chi connectivity index (χ2n) is 9.85. The van der Waals surface area contributed by atoms with Gasteiger partial charge in [-0.25, -0.2) is 0 Å². The van der Waals surface area contributed by atoms with Crippen LogP contribution in [0.5, 0.6) is 11.5 Å². The number of aliphatic hydroxyl groups excluding tert-OH is 1. The minimum Gasteiger partial charge on any atom is -0.487 e. The minimum absolute atomic E-state index is 0.0347. The van der Waals surface area contributed by atoms with E-state index in [1.807, 2.05) is 6.07 Å². The average Bonchev–Trinajstić information content (AvgIpc) is 2.64. The molecule has 0 bridgehead atoms. The van der Waals surface area contributed by atoms with Crippen LogP contribution in [0.25, 0.3) is 0 Å². The number of benzene rings is 1. The first-order valence-electron chi connectivity index (χ1n) is 10.9. The number of esters is 1. The zero-order chi connectivity index (χ0) is 21.4. The van der Waals surface area contributed by atoms with Gasteiger partial charge in [-0.1, -0.05) is 39.7 Å². The lowest BCUT2D eigenvalue weighted by Gasteiger charge is -2.47. The van der Waals surface area contributed by atoms with Crippen LogP contribution >= 0.6 is 0 Å². The zero-order valence-corrected chi connectivity index (χ0v) is 18.8. The fraction of sp³-hybridized carbons (Fsp3) is 0.640. The molecule has 1 aliphatic carbocycles. The van der Waals surface area contributed by atoms with E-state index in [-0.39, 0.29) is 35.4 Å². The van der Waals surface area contributed by atoms with E-state index >= 15 is 0 Å². The highest BCUT2D eigenvalue weighted by Gasteiger charge is 2.46. The summed E-state index contributed by atoms with van der Waals surface area (Å²) in [5.74, 6) is 1.58. The monoisotopic (exact) mass is 400 g/mol. The molecule has 4 heteroatoms. The van der Waals surface area contributed by atoms with Crippen molar-refractivity contribution < 1.29 is 19.4 Å². The number of carbonyl (C=O) groups excluding carboxylic acids is 1. The molecular formula is C25H36O4. The maximum absolute atomic E-state index is 11.9. The molecular weight excluding hydrogens is 364 g/mol. The van der Waals surface area contributed by atoms with Gasteiger partial charge in [0.15, 0.2) is 0 Å². The number of carbonyl (C=O) groups is 1. The van der Waals surface area contributed by atoms with Crippen LogP contribution in [0.3, 0.4) is 0 Å². The first-order valence-corrected chi connectivity index (χ1v) is 10.9. The molecule has 1 aromatic rings. The quantitative estimate of drug-likeness (QED) is 0.380. The van der Waals surface area contributed by atoms with Crippen molar-refractivity contribution >= 4 is 5.97 Å². The molecule has 1 N–H and O–H groups in total. The molecule has 0 fully saturated rings. The first kappa shape index (κ1) is 21.9. The Kier molecular flexibility index (Phi) is 6.14. The zero-order valence-electron chi connectivity index (χ0n) is 18.8. The normalized spacial score (nSPS) is 22.8. The second kappa shape index (κ2) is 8.14. The summed E-state index contributed by atoms with van der Waals surface area (Å²) in [6.45, 7) is 12.5. The Morgan fingerprint density at radius 2 is 2.07 bits per heavy atom. The molecule has 3 rings (SSSR count). The third kappa shape index (κ3) is 4.37. The third-order valence-electron chi connectivity index (χ3n) is 6.76. The highest BCUT2D eigenvalue weighted by Crippen LogP contribution is 2.55. The highest BCUT2D eigenvalue weighted by molar-refractivity contribution is 5.71. The van der Waals surface area contributed by atoms with E-state index in [0.29, 0.717) is 5.75 Å². The van der Waals surface area contributed by atoms with Gasteiger partial charge in [0.05, 0.1) is 6.61 Å². The average molecular weight is 401 g/mol. The number of ether oxygens (including phenoxy) is 2. The van der Waals surface area contributed by atoms with Gasteiger partial charge in [-0.3, -0.25) is 4.79 Å². The van der Waals surface area contributed by atoms with E-state index < -0.39 is 0 Å². The second-order valence-corrected chi connectivity index (χ2v) is 9.85. The molecule has 160 valence electrons. The SMILES string of the molecule is CCCCC(C)(C)c1cc(OC(C)=O)c2c(c1)OC(C)(C)[C@@H]1CC=C(CO)C[C@H]21. The van der Waals surface area contributed by atoms with Gasteiger partial charge >= 0.3 is 5.97 Å². The third-order valence-corrected chi connectivity index (χ3v) is 6.76. The van der Waals surface area contributed by atoms with Crippen LogP contribution in [-0.2, 0) is 10.2 Å². The summed E-state index contributed by atoms with van der Waals surface area (Å²) in [7, 11) is 0. The summed E-state index contributed by atoms with van der Waals surface area (Å²) in [6, 6.07) is 4.21. The van der Waals surface area contributed by atoms with Crippen LogP contribution in [0.1, 0.15) is 90.7 Å². The first-order chi connectivity index (χ1) is 13.6. The van der Waals surface area contributed by atoms with E-state index in [4.69, 9.17) is 9.47 Å². The molecule has 0 saturated heterocycles. The molecule has 0 aromatic heterocycles. The Bertz CT molecular complexity index is 803. The van der Waals surface area contributed by atoms with Crippen molar-refractivity contribution in [3.05, 3.63) is 34.9 Å². The van der Waals surface area contributed by atoms with Crippen LogP contribution < -0.4 is 9.47 Å². The molecule has 0 radical (unpaired) electrons. The molecule has 1 aromatic carbocycles. The Morgan fingerprint density at radius 1 is 1.34 bits per heavy atom. The molecule has 0 unspecified atom stereocenters. The molecule has 1 heterocycles. The lowest BCUT2D eigenvalue weighted by atomic mass is 9.66.